The largest absolute Gasteiger partial charge is 0.375 e. The van der Waals surface area contributed by atoms with Crippen LogP contribution in [-0.2, 0) is 9.53 Å². The third-order valence-electron chi connectivity index (χ3n) is 3.94. The Kier molecular flexibility index (Phi) is 6.65. The number of amides is 1. The van der Waals surface area contributed by atoms with Gasteiger partial charge in [0.2, 0.25) is 5.91 Å². The predicted molar refractivity (Wildman–Crippen MR) is 73.6 cm³/mol. The molecule has 1 unspecified atom stereocenters. The van der Waals surface area contributed by atoms with E-state index in [0.717, 1.165) is 38.8 Å². The first-order chi connectivity index (χ1) is 8.65. The number of hydrogen-bond donors (Lipinski definition) is 2. The predicted octanol–water partition coefficient (Wildman–Crippen LogP) is 1.84. The van der Waals surface area contributed by atoms with Gasteiger partial charge in [-0.2, -0.15) is 0 Å². The summed E-state index contributed by atoms with van der Waals surface area (Å²) >= 11 is 0. The minimum absolute atomic E-state index is 0.0571. The molecule has 0 bridgehead atoms. The van der Waals surface area contributed by atoms with Crippen molar-refractivity contribution in [3.05, 3.63) is 0 Å². The fourth-order valence-electron chi connectivity index (χ4n) is 2.62. The first-order valence-electron chi connectivity index (χ1n) is 7.29. The van der Waals surface area contributed by atoms with Crippen LogP contribution in [0.4, 0.5) is 0 Å². The van der Waals surface area contributed by atoms with Gasteiger partial charge in [-0.15, -0.1) is 0 Å². The van der Waals surface area contributed by atoms with Crippen molar-refractivity contribution in [1.29, 1.82) is 0 Å². The van der Waals surface area contributed by atoms with Crippen molar-refractivity contribution in [2.75, 3.05) is 19.7 Å². The van der Waals surface area contributed by atoms with E-state index in [1.807, 2.05) is 6.92 Å². The van der Waals surface area contributed by atoms with Crippen LogP contribution in [0, 0.1) is 0 Å². The van der Waals surface area contributed by atoms with E-state index in [9.17, 15) is 4.79 Å². The molecule has 106 valence electrons. The van der Waals surface area contributed by atoms with Crippen molar-refractivity contribution in [2.24, 2.45) is 0 Å². The van der Waals surface area contributed by atoms with Gasteiger partial charge in [0.05, 0.1) is 5.60 Å². The first kappa shape index (κ1) is 15.4. The molecule has 0 aromatic rings. The lowest BCUT2D eigenvalue weighted by atomic mass is 9.86. The number of carbonyl (C=O) groups is 1. The summed E-state index contributed by atoms with van der Waals surface area (Å²) in [7, 11) is 0. The molecule has 0 aromatic carbocycles. The molecule has 2 N–H and O–H groups in total. The molecule has 0 spiro atoms. The van der Waals surface area contributed by atoms with E-state index in [-0.39, 0.29) is 11.5 Å². The fraction of sp³-hybridized carbons (Fsp3) is 0.929. The van der Waals surface area contributed by atoms with Crippen molar-refractivity contribution in [2.45, 2.75) is 64.5 Å². The number of ether oxygens (including phenoxy) is 1. The van der Waals surface area contributed by atoms with E-state index in [1.165, 1.54) is 0 Å². The number of carbonyl (C=O) groups excluding carboxylic acids is 1. The molecule has 18 heavy (non-hydrogen) atoms. The van der Waals surface area contributed by atoms with Gasteiger partial charge in [0, 0.05) is 32.2 Å². The van der Waals surface area contributed by atoms with Crippen LogP contribution in [0.2, 0.25) is 0 Å². The Morgan fingerprint density at radius 2 is 2.06 bits per heavy atom. The van der Waals surface area contributed by atoms with Crippen LogP contribution in [0.25, 0.3) is 0 Å². The summed E-state index contributed by atoms with van der Waals surface area (Å²) in [4.78, 5) is 11.3. The van der Waals surface area contributed by atoms with Gasteiger partial charge in [0.1, 0.15) is 0 Å². The van der Waals surface area contributed by atoms with Crippen LogP contribution in [0.3, 0.4) is 0 Å². The van der Waals surface area contributed by atoms with E-state index >= 15 is 0 Å². The first-order valence-corrected chi connectivity index (χ1v) is 7.29. The maximum atomic E-state index is 11.3. The molecule has 0 aromatic heterocycles. The van der Waals surface area contributed by atoms with Crippen LogP contribution < -0.4 is 10.6 Å². The molecular weight excluding hydrogens is 228 g/mol. The Labute approximate surface area is 111 Å². The molecule has 1 heterocycles. The molecule has 4 heteroatoms. The minimum atomic E-state index is 0.0571. The molecule has 1 rings (SSSR count). The Balaban J connectivity index is 2.28. The monoisotopic (exact) mass is 256 g/mol. The van der Waals surface area contributed by atoms with Gasteiger partial charge < -0.3 is 15.4 Å². The van der Waals surface area contributed by atoms with Crippen molar-refractivity contribution in [3.8, 4) is 0 Å². The molecule has 1 fully saturated rings. The zero-order valence-electron chi connectivity index (χ0n) is 12.1. The average molecular weight is 256 g/mol. The summed E-state index contributed by atoms with van der Waals surface area (Å²) in [6, 6.07) is 0.494. The molecule has 1 amide bonds. The number of nitrogens with one attached hydrogen (secondary N) is 2. The topological polar surface area (TPSA) is 50.4 Å². The third-order valence-corrected chi connectivity index (χ3v) is 3.94. The Hall–Kier alpha value is -0.610. The molecule has 4 nitrogen and oxygen atoms in total. The quantitative estimate of drug-likeness (QED) is 0.731. The lowest BCUT2D eigenvalue weighted by Crippen LogP contribution is -2.47. The number of hydrogen-bond acceptors (Lipinski definition) is 3. The number of rotatable bonds is 7. The molecule has 0 saturated carbocycles. The summed E-state index contributed by atoms with van der Waals surface area (Å²) in [5.41, 5.74) is 0.0571. The smallest absolute Gasteiger partial charge is 0.221 e. The van der Waals surface area contributed by atoms with E-state index < -0.39 is 0 Å². The van der Waals surface area contributed by atoms with Gasteiger partial charge in [0.15, 0.2) is 0 Å². The van der Waals surface area contributed by atoms with Crippen LogP contribution in [0.5, 0.6) is 0 Å². The Bertz CT molecular complexity index is 252. The lowest BCUT2D eigenvalue weighted by molar-refractivity contribution is -0.121. The van der Waals surface area contributed by atoms with Crippen LogP contribution in [0.15, 0.2) is 0 Å². The summed E-state index contributed by atoms with van der Waals surface area (Å²) < 4.78 is 5.94. The van der Waals surface area contributed by atoms with Crippen molar-refractivity contribution >= 4 is 5.91 Å². The van der Waals surface area contributed by atoms with E-state index in [4.69, 9.17) is 4.74 Å². The van der Waals surface area contributed by atoms with Crippen LogP contribution in [0.1, 0.15) is 52.9 Å². The maximum Gasteiger partial charge on any atom is 0.221 e. The molecule has 1 saturated heterocycles. The van der Waals surface area contributed by atoms with Gasteiger partial charge in [-0.3, -0.25) is 4.79 Å². The lowest BCUT2D eigenvalue weighted by Gasteiger charge is -2.40. The molecule has 0 radical (unpaired) electrons. The Morgan fingerprint density at radius 3 is 2.67 bits per heavy atom. The summed E-state index contributed by atoms with van der Waals surface area (Å²) in [5, 5.41) is 6.31. The second kappa shape index (κ2) is 7.74. The van der Waals surface area contributed by atoms with Gasteiger partial charge >= 0.3 is 0 Å². The zero-order chi connectivity index (χ0) is 13.4. The van der Waals surface area contributed by atoms with Crippen LogP contribution in [-0.4, -0.2) is 37.2 Å². The minimum Gasteiger partial charge on any atom is -0.375 e. The van der Waals surface area contributed by atoms with Crippen LogP contribution >= 0.6 is 0 Å². The molecule has 1 atom stereocenters. The van der Waals surface area contributed by atoms with Gasteiger partial charge in [0.25, 0.3) is 0 Å². The van der Waals surface area contributed by atoms with Crippen molar-refractivity contribution in [1.82, 2.24) is 10.6 Å². The highest BCUT2D eigenvalue weighted by molar-refractivity contribution is 5.75. The average Bonchev–Trinajstić information content (AvgIpc) is 2.39. The summed E-state index contributed by atoms with van der Waals surface area (Å²) in [6.07, 6.45) is 4.82. The Morgan fingerprint density at radius 1 is 1.33 bits per heavy atom. The highest BCUT2D eigenvalue weighted by Crippen LogP contribution is 2.31. The standard InChI is InChI=1S/C14H28N2O2/c1-4-14(5-2)11-12(8-10-18-14)16-9-7-13(17)15-6-3/h12,16H,4-11H2,1-3H3,(H,15,17). The molecule has 0 aliphatic carbocycles. The van der Waals surface area contributed by atoms with E-state index in [2.05, 4.69) is 24.5 Å². The van der Waals surface area contributed by atoms with Crippen molar-refractivity contribution < 1.29 is 9.53 Å². The van der Waals surface area contributed by atoms with Gasteiger partial charge in [-0.05, 0) is 32.6 Å². The van der Waals surface area contributed by atoms with E-state index in [1.54, 1.807) is 0 Å². The summed E-state index contributed by atoms with van der Waals surface area (Å²) in [5.74, 6) is 0.134. The SMILES string of the molecule is CCNC(=O)CCNC1CCOC(CC)(CC)C1. The second-order valence-electron chi connectivity index (χ2n) is 5.09. The maximum absolute atomic E-state index is 11.3. The molecular formula is C14H28N2O2. The fourth-order valence-corrected chi connectivity index (χ4v) is 2.62. The highest BCUT2D eigenvalue weighted by Gasteiger charge is 2.34. The zero-order valence-corrected chi connectivity index (χ0v) is 12.1. The second-order valence-corrected chi connectivity index (χ2v) is 5.09. The normalized spacial score (nSPS) is 22.7. The molecule has 1 aliphatic rings. The molecule has 1 aliphatic heterocycles. The highest BCUT2D eigenvalue weighted by atomic mass is 16.5. The van der Waals surface area contributed by atoms with E-state index in [0.29, 0.717) is 19.0 Å². The van der Waals surface area contributed by atoms with Crippen molar-refractivity contribution in [3.63, 3.8) is 0 Å². The van der Waals surface area contributed by atoms with Gasteiger partial charge in [-0.1, -0.05) is 13.8 Å². The summed E-state index contributed by atoms with van der Waals surface area (Å²) in [6.45, 7) is 8.65. The third kappa shape index (κ3) is 4.58. The van der Waals surface area contributed by atoms with Gasteiger partial charge in [-0.25, -0.2) is 0 Å².